The molecule has 0 aliphatic carbocycles. The summed E-state index contributed by atoms with van der Waals surface area (Å²) < 4.78 is 1.05. The van der Waals surface area contributed by atoms with Crippen molar-refractivity contribution in [3.63, 3.8) is 0 Å². The Balaban J connectivity index is 2.04. The van der Waals surface area contributed by atoms with Gasteiger partial charge in [-0.1, -0.05) is 6.92 Å². The van der Waals surface area contributed by atoms with Gasteiger partial charge in [0.25, 0.3) is 0 Å². The minimum absolute atomic E-state index is 0.0100. The maximum absolute atomic E-state index is 11.7. The molecule has 2 heterocycles. The highest BCUT2D eigenvalue weighted by Gasteiger charge is 2.27. The Morgan fingerprint density at radius 3 is 3.06 bits per heavy atom. The maximum atomic E-state index is 11.7. The molecule has 2 N–H and O–H groups in total. The van der Waals surface area contributed by atoms with Gasteiger partial charge in [-0.3, -0.25) is 9.69 Å². The second-order valence-corrected chi connectivity index (χ2v) is 4.94. The normalized spacial score (nSPS) is 22.1. The molecule has 2 rings (SSSR count). The van der Waals surface area contributed by atoms with Crippen LogP contribution >= 0.6 is 15.9 Å². The van der Waals surface area contributed by atoms with Gasteiger partial charge in [-0.25, -0.2) is 0 Å². The van der Waals surface area contributed by atoms with E-state index in [0.29, 0.717) is 0 Å². The van der Waals surface area contributed by atoms with Crippen molar-refractivity contribution in [2.45, 2.75) is 25.9 Å². The van der Waals surface area contributed by atoms with Gasteiger partial charge in [-0.2, -0.15) is 0 Å². The van der Waals surface area contributed by atoms with Gasteiger partial charge in [0.1, 0.15) is 0 Å². The first kappa shape index (κ1) is 11.7. The van der Waals surface area contributed by atoms with E-state index in [-0.39, 0.29) is 11.9 Å². The summed E-state index contributed by atoms with van der Waals surface area (Å²) >= 11 is 3.41. The van der Waals surface area contributed by atoms with E-state index in [0.717, 1.165) is 36.2 Å². The third-order valence-corrected chi connectivity index (χ3v) is 3.37. The molecule has 1 unspecified atom stereocenters. The Morgan fingerprint density at radius 1 is 1.62 bits per heavy atom. The molecule has 0 radical (unpaired) electrons. The van der Waals surface area contributed by atoms with Gasteiger partial charge in [-0.15, -0.1) is 0 Å². The molecule has 16 heavy (non-hydrogen) atoms. The van der Waals surface area contributed by atoms with E-state index >= 15 is 0 Å². The van der Waals surface area contributed by atoms with E-state index < -0.39 is 0 Å². The topological polar surface area (TPSA) is 48.1 Å². The first-order chi connectivity index (χ1) is 7.70. The highest BCUT2D eigenvalue weighted by Crippen LogP contribution is 2.16. The average molecular weight is 286 g/mol. The Bertz CT molecular complexity index is 377. The lowest BCUT2D eigenvalue weighted by atomic mass is 10.1. The molecule has 0 bridgehead atoms. The van der Waals surface area contributed by atoms with E-state index in [1.165, 1.54) is 0 Å². The molecule has 4 nitrogen and oxygen atoms in total. The van der Waals surface area contributed by atoms with Gasteiger partial charge in [0.15, 0.2) is 0 Å². The van der Waals surface area contributed by atoms with Gasteiger partial charge in [0, 0.05) is 36.0 Å². The van der Waals surface area contributed by atoms with Gasteiger partial charge in [0.2, 0.25) is 5.91 Å². The van der Waals surface area contributed by atoms with Gasteiger partial charge in [0.05, 0.1) is 6.04 Å². The predicted molar refractivity (Wildman–Crippen MR) is 66.0 cm³/mol. The van der Waals surface area contributed by atoms with E-state index in [1.54, 1.807) is 0 Å². The van der Waals surface area contributed by atoms with Crippen molar-refractivity contribution in [3.8, 4) is 0 Å². The van der Waals surface area contributed by atoms with Gasteiger partial charge in [-0.05, 0) is 28.4 Å². The monoisotopic (exact) mass is 285 g/mol. The van der Waals surface area contributed by atoms with Gasteiger partial charge < -0.3 is 10.3 Å². The third kappa shape index (κ3) is 2.47. The second-order valence-electron chi connectivity index (χ2n) is 4.03. The van der Waals surface area contributed by atoms with Crippen LogP contribution in [0, 0.1) is 0 Å². The quantitative estimate of drug-likeness (QED) is 0.884. The maximum Gasteiger partial charge on any atom is 0.237 e. The Morgan fingerprint density at radius 2 is 2.44 bits per heavy atom. The summed E-state index contributed by atoms with van der Waals surface area (Å²) in [6.07, 6.45) is 2.77. The van der Waals surface area contributed by atoms with Gasteiger partial charge >= 0.3 is 0 Å². The minimum Gasteiger partial charge on any atom is -0.363 e. The summed E-state index contributed by atoms with van der Waals surface area (Å²) in [4.78, 5) is 17.1. The molecule has 1 saturated heterocycles. The standard InChI is InChI=1S/C11H16BrN3O/c1-2-10-11(16)13-3-4-15(10)7-9-5-8(12)6-14-9/h5-6,10,14H,2-4,7H2,1H3,(H,13,16). The van der Waals surface area contributed by atoms with Crippen LogP contribution in [0.25, 0.3) is 0 Å². The number of hydrogen-bond donors (Lipinski definition) is 2. The Labute approximate surface area is 104 Å². The van der Waals surface area contributed by atoms with Crippen molar-refractivity contribution in [1.29, 1.82) is 0 Å². The molecular formula is C11H16BrN3O. The molecular weight excluding hydrogens is 270 g/mol. The van der Waals surface area contributed by atoms with Crippen LogP contribution in [0.2, 0.25) is 0 Å². The molecule has 88 valence electrons. The second kappa shape index (κ2) is 5.01. The number of amides is 1. The van der Waals surface area contributed by atoms with E-state index in [1.807, 2.05) is 13.1 Å². The molecule has 1 aromatic rings. The summed E-state index contributed by atoms with van der Waals surface area (Å²) in [6, 6.07) is 2.06. The highest BCUT2D eigenvalue weighted by atomic mass is 79.9. The number of nitrogens with one attached hydrogen (secondary N) is 2. The Kier molecular flexibility index (Phi) is 3.66. The molecule has 1 fully saturated rings. The van der Waals surface area contributed by atoms with Crippen LogP contribution in [-0.4, -0.2) is 34.9 Å². The van der Waals surface area contributed by atoms with Crippen molar-refractivity contribution in [2.75, 3.05) is 13.1 Å². The zero-order valence-electron chi connectivity index (χ0n) is 9.29. The van der Waals surface area contributed by atoms with Crippen molar-refractivity contribution in [2.24, 2.45) is 0 Å². The number of hydrogen-bond acceptors (Lipinski definition) is 2. The van der Waals surface area contributed by atoms with Crippen LogP contribution in [0.5, 0.6) is 0 Å². The lowest BCUT2D eigenvalue weighted by Crippen LogP contribution is -2.54. The summed E-state index contributed by atoms with van der Waals surface area (Å²) in [5.74, 6) is 0.152. The SMILES string of the molecule is CCC1C(=O)NCCN1Cc1cc(Br)c[nH]1. The van der Waals surface area contributed by atoms with Crippen LogP contribution < -0.4 is 5.32 Å². The zero-order valence-corrected chi connectivity index (χ0v) is 10.9. The van der Waals surface area contributed by atoms with Crippen LogP contribution in [0.15, 0.2) is 16.7 Å². The van der Waals surface area contributed by atoms with Crippen LogP contribution in [0.3, 0.4) is 0 Å². The summed E-state index contributed by atoms with van der Waals surface area (Å²) in [7, 11) is 0. The molecule has 1 aromatic heterocycles. The summed E-state index contributed by atoms with van der Waals surface area (Å²) in [5, 5.41) is 2.90. The number of carbonyl (C=O) groups excluding carboxylic acids is 1. The van der Waals surface area contributed by atoms with Crippen LogP contribution in [0.4, 0.5) is 0 Å². The minimum atomic E-state index is 0.0100. The molecule has 1 aliphatic heterocycles. The summed E-state index contributed by atoms with van der Waals surface area (Å²) in [5.41, 5.74) is 1.14. The van der Waals surface area contributed by atoms with Crippen LogP contribution in [0.1, 0.15) is 19.0 Å². The van der Waals surface area contributed by atoms with Crippen molar-refractivity contribution in [3.05, 3.63) is 22.4 Å². The lowest BCUT2D eigenvalue weighted by molar-refractivity contribution is -0.129. The lowest BCUT2D eigenvalue weighted by Gasteiger charge is -2.34. The third-order valence-electron chi connectivity index (χ3n) is 2.91. The van der Waals surface area contributed by atoms with E-state index in [4.69, 9.17) is 0 Å². The van der Waals surface area contributed by atoms with Crippen LogP contribution in [-0.2, 0) is 11.3 Å². The highest BCUT2D eigenvalue weighted by molar-refractivity contribution is 9.10. The zero-order chi connectivity index (χ0) is 11.5. The summed E-state index contributed by atoms with van der Waals surface area (Å²) in [6.45, 7) is 4.52. The smallest absolute Gasteiger partial charge is 0.237 e. The fraction of sp³-hybridized carbons (Fsp3) is 0.545. The van der Waals surface area contributed by atoms with Crippen molar-refractivity contribution >= 4 is 21.8 Å². The number of rotatable bonds is 3. The molecule has 5 heteroatoms. The first-order valence-electron chi connectivity index (χ1n) is 5.55. The fourth-order valence-electron chi connectivity index (χ4n) is 2.12. The predicted octanol–water partition coefficient (Wildman–Crippen LogP) is 1.49. The number of aromatic amines is 1. The van der Waals surface area contributed by atoms with Crippen molar-refractivity contribution < 1.29 is 4.79 Å². The number of aromatic nitrogens is 1. The molecule has 0 aromatic carbocycles. The molecule has 1 atom stereocenters. The number of H-pyrrole nitrogens is 1. The first-order valence-corrected chi connectivity index (χ1v) is 6.34. The van der Waals surface area contributed by atoms with Crippen molar-refractivity contribution in [1.82, 2.24) is 15.2 Å². The van der Waals surface area contributed by atoms with E-state index in [9.17, 15) is 4.79 Å². The molecule has 1 aliphatic rings. The van der Waals surface area contributed by atoms with E-state index in [2.05, 4.69) is 37.2 Å². The number of piperazine rings is 1. The molecule has 0 spiro atoms. The number of nitrogens with zero attached hydrogens (tertiary/aromatic N) is 1. The largest absolute Gasteiger partial charge is 0.363 e. The number of halogens is 1. The fourth-order valence-corrected chi connectivity index (χ4v) is 2.51. The molecule has 0 saturated carbocycles. The Hall–Kier alpha value is -0.810. The average Bonchev–Trinajstić information content (AvgIpc) is 2.64. The number of carbonyl (C=O) groups is 1. The molecule has 1 amide bonds.